The molecule has 3 rings (SSSR count). The van der Waals surface area contributed by atoms with E-state index in [0.717, 1.165) is 31.0 Å². The Bertz CT molecular complexity index is 633. The summed E-state index contributed by atoms with van der Waals surface area (Å²) in [6.07, 6.45) is 1.74. The van der Waals surface area contributed by atoms with Gasteiger partial charge in [-0.05, 0) is 12.5 Å². The number of anilines is 1. The number of aryl methyl sites for hydroxylation is 1. The van der Waals surface area contributed by atoms with Crippen LogP contribution in [0.2, 0.25) is 0 Å². The summed E-state index contributed by atoms with van der Waals surface area (Å²) in [4.78, 5) is 16.1. The predicted octanol–water partition coefficient (Wildman–Crippen LogP) is 2.36. The standard InChI is InChI=1S/C17H22N4O2/c1-2-21-9-8-16(18-21)19-10-12-20(13-11-19)17(22)23-14-15-6-4-3-5-7-15/h3-9H,2,10-14H2,1H3. The lowest BCUT2D eigenvalue weighted by molar-refractivity contribution is 0.0941. The lowest BCUT2D eigenvalue weighted by Crippen LogP contribution is -2.49. The van der Waals surface area contributed by atoms with E-state index in [1.807, 2.05) is 47.3 Å². The van der Waals surface area contributed by atoms with Gasteiger partial charge in [-0.1, -0.05) is 30.3 Å². The second kappa shape index (κ2) is 7.17. The van der Waals surface area contributed by atoms with Crippen molar-refractivity contribution in [1.82, 2.24) is 14.7 Å². The molecule has 1 aromatic carbocycles. The highest BCUT2D eigenvalue weighted by molar-refractivity contribution is 5.68. The molecule has 122 valence electrons. The molecule has 1 saturated heterocycles. The third kappa shape index (κ3) is 3.83. The lowest BCUT2D eigenvalue weighted by Gasteiger charge is -2.34. The molecule has 0 spiro atoms. The zero-order valence-corrected chi connectivity index (χ0v) is 13.4. The van der Waals surface area contributed by atoms with Gasteiger partial charge in [0.25, 0.3) is 0 Å². The number of carbonyl (C=O) groups is 1. The summed E-state index contributed by atoms with van der Waals surface area (Å²) in [5.74, 6) is 0.976. The average Bonchev–Trinajstić information content (AvgIpc) is 3.10. The highest BCUT2D eigenvalue weighted by Crippen LogP contribution is 2.14. The monoisotopic (exact) mass is 314 g/mol. The molecule has 1 aliphatic rings. The van der Waals surface area contributed by atoms with Crippen molar-refractivity contribution < 1.29 is 9.53 Å². The summed E-state index contributed by atoms with van der Waals surface area (Å²) < 4.78 is 7.29. The molecule has 2 heterocycles. The number of ether oxygens (including phenoxy) is 1. The summed E-state index contributed by atoms with van der Waals surface area (Å²) in [5.41, 5.74) is 1.00. The van der Waals surface area contributed by atoms with Crippen molar-refractivity contribution in [1.29, 1.82) is 0 Å². The second-order valence-electron chi connectivity index (χ2n) is 5.54. The largest absolute Gasteiger partial charge is 0.445 e. The van der Waals surface area contributed by atoms with Crippen LogP contribution in [0.15, 0.2) is 42.6 Å². The van der Waals surface area contributed by atoms with Crippen LogP contribution >= 0.6 is 0 Å². The number of amides is 1. The fraction of sp³-hybridized carbons (Fsp3) is 0.412. The highest BCUT2D eigenvalue weighted by Gasteiger charge is 2.23. The van der Waals surface area contributed by atoms with Gasteiger partial charge in [0.1, 0.15) is 6.61 Å². The SMILES string of the molecule is CCn1ccc(N2CCN(C(=O)OCc3ccccc3)CC2)n1. The molecule has 1 amide bonds. The van der Waals surface area contributed by atoms with Crippen LogP contribution in [0.5, 0.6) is 0 Å². The van der Waals surface area contributed by atoms with Crippen molar-refractivity contribution in [3.8, 4) is 0 Å². The number of benzene rings is 1. The minimum Gasteiger partial charge on any atom is -0.445 e. The number of hydrogen-bond donors (Lipinski definition) is 0. The van der Waals surface area contributed by atoms with E-state index in [1.165, 1.54) is 0 Å². The highest BCUT2D eigenvalue weighted by atomic mass is 16.6. The van der Waals surface area contributed by atoms with E-state index in [2.05, 4.69) is 16.9 Å². The molecule has 0 bridgehead atoms. The van der Waals surface area contributed by atoms with Crippen LogP contribution in [0.1, 0.15) is 12.5 Å². The predicted molar refractivity (Wildman–Crippen MR) is 88.3 cm³/mol. The molecule has 0 saturated carbocycles. The van der Waals surface area contributed by atoms with E-state index >= 15 is 0 Å². The van der Waals surface area contributed by atoms with Gasteiger partial charge >= 0.3 is 6.09 Å². The number of piperazine rings is 1. The minimum absolute atomic E-state index is 0.243. The van der Waals surface area contributed by atoms with Gasteiger partial charge in [0.2, 0.25) is 0 Å². The van der Waals surface area contributed by atoms with Crippen molar-refractivity contribution in [2.45, 2.75) is 20.1 Å². The van der Waals surface area contributed by atoms with Crippen LogP contribution in [0.25, 0.3) is 0 Å². The van der Waals surface area contributed by atoms with Crippen molar-refractivity contribution in [2.75, 3.05) is 31.1 Å². The fourth-order valence-electron chi connectivity index (χ4n) is 2.62. The van der Waals surface area contributed by atoms with E-state index in [1.54, 1.807) is 4.90 Å². The summed E-state index contributed by atoms with van der Waals surface area (Å²) in [6.45, 7) is 6.13. The van der Waals surface area contributed by atoms with Gasteiger partial charge in [-0.25, -0.2) is 4.79 Å². The Morgan fingerprint density at radius 2 is 1.87 bits per heavy atom. The first kappa shape index (κ1) is 15.4. The molecule has 2 aromatic rings. The maximum Gasteiger partial charge on any atom is 0.410 e. The average molecular weight is 314 g/mol. The molecule has 0 unspecified atom stereocenters. The quantitative estimate of drug-likeness (QED) is 0.869. The molecule has 6 heteroatoms. The fourth-order valence-corrected chi connectivity index (χ4v) is 2.62. The summed E-state index contributed by atoms with van der Waals surface area (Å²) in [6, 6.07) is 11.8. The van der Waals surface area contributed by atoms with Gasteiger partial charge in [-0.15, -0.1) is 0 Å². The maximum atomic E-state index is 12.1. The molecule has 1 aromatic heterocycles. The lowest BCUT2D eigenvalue weighted by atomic mass is 10.2. The Kier molecular flexibility index (Phi) is 4.80. The van der Waals surface area contributed by atoms with Gasteiger partial charge in [-0.2, -0.15) is 5.10 Å². The normalized spacial score (nSPS) is 14.8. The van der Waals surface area contributed by atoms with Crippen LogP contribution in [-0.4, -0.2) is 47.0 Å². The first-order valence-corrected chi connectivity index (χ1v) is 8.00. The van der Waals surface area contributed by atoms with Crippen LogP contribution in [-0.2, 0) is 17.9 Å². The van der Waals surface area contributed by atoms with E-state index in [-0.39, 0.29) is 6.09 Å². The van der Waals surface area contributed by atoms with E-state index in [4.69, 9.17) is 4.74 Å². The van der Waals surface area contributed by atoms with E-state index in [9.17, 15) is 4.79 Å². The smallest absolute Gasteiger partial charge is 0.410 e. The van der Waals surface area contributed by atoms with Gasteiger partial charge in [0.05, 0.1) is 0 Å². The Hall–Kier alpha value is -2.50. The maximum absolute atomic E-state index is 12.1. The van der Waals surface area contributed by atoms with Crippen molar-refractivity contribution in [2.24, 2.45) is 0 Å². The van der Waals surface area contributed by atoms with Crippen LogP contribution in [0.3, 0.4) is 0 Å². The Labute approximate surface area is 136 Å². The van der Waals surface area contributed by atoms with Crippen LogP contribution in [0, 0.1) is 0 Å². The molecule has 1 aliphatic heterocycles. The number of nitrogens with zero attached hydrogens (tertiary/aromatic N) is 4. The summed E-state index contributed by atoms with van der Waals surface area (Å²) >= 11 is 0. The molecule has 23 heavy (non-hydrogen) atoms. The third-order valence-electron chi connectivity index (χ3n) is 4.02. The zero-order chi connectivity index (χ0) is 16.1. The number of rotatable bonds is 4. The van der Waals surface area contributed by atoms with E-state index in [0.29, 0.717) is 19.7 Å². The van der Waals surface area contributed by atoms with Crippen molar-refractivity contribution >= 4 is 11.9 Å². The Balaban J connectivity index is 1.47. The van der Waals surface area contributed by atoms with Crippen LogP contribution in [0.4, 0.5) is 10.6 Å². The summed E-state index contributed by atoms with van der Waals surface area (Å²) in [7, 11) is 0. The topological polar surface area (TPSA) is 50.6 Å². The second-order valence-corrected chi connectivity index (χ2v) is 5.54. The zero-order valence-electron chi connectivity index (χ0n) is 13.4. The van der Waals surface area contributed by atoms with Gasteiger partial charge in [-0.3, -0.25) is 4.68 Å². The first-order chi connectivity index (χ1) is 11.3. The molecular weight excluding hydrogens is 292 g/mol. The number of carbonyl (C=O) groups excluding carboxylic acids is 1. The van der Waals surface area contributed by atoms with Gasteiger partial charge < -0.3 is 14.5 Å². The molecule has 0 atom stereocenters. The summed E-state index contributed by atoms with van der Waals surface area (Å²) in [5, 5.41) is 4.51. The molecule has 0 aliphatic carbocycles. The Morgan fingerprint density at radius 1 is 1.13 bits per heavy atom. The van der Waals surface area contributed by atoms with Crippen molar-refractivity contribution in [3.63, 3.8) is 0 Å². The van der Waals surface area contributed by atoms with Crippen molar-refractivity contribution in [3.05, 3.63) is 48.2 Å². The molecule has 6 nitrogen and oxygen atoms in total. The third-order valence-corrected chi connectivity index (χ3v) is 4.02. The van der Waals surface area contributed by atoms with Gasteiger partial charge in [0.15, 0.2) is 5.82 Å². The Morgan fingerprint density at radius 3 is 2.52 bits per heavy atom. The molecule has 0 radical (unpaired) electrons. The van der Waals surface area contributed by atoms with E-state index < -0.39 is 0 Å². The molecule has 0 N–H and O–H groups in total. The number of hydrogen-bond acceptors (Lipinski definition) is 4. The first-order valence-electron chi connectivity index (χ1n) is 8.00. The van der Waals surface area contributed by atoms with Crippen LogP contribution < -0.4 is 4.90 Å². The van der Waals surface area contributed by atoms with Gasteiger partial charge in [0, 0.05) is 45.0 Å². The minimum atomic E-state index is -0.243. The molecular formula is C17H22N4O2. The number of aromatic nitrogens is 2. The molecule has 1 fully saturated rings.